The molecule has 1 aromatic heterocycles. The molecule has 108 valence electrons. The molecule has 20 heavy (non-hydrogen) atoms. The van der Waals surface area contributed by atoms with Crippen molar-refractivity contribution in [3.05, 3.63) is 40.6 Å². The van der Waals surface area contributed by atoms with E-state index >= 15 is 0 Å². The summed E-state index contributed by atoms with van der Waals surface area (Å²) in [7, 11) is 3.93. The third-order valence-corrected chi connectivity index (χ3v) is 2.93. The number of rotatable bonds is 5. The number of fused-ring (bicyclic) bond motifs is 1. The Morgan fingerprint density at radius 2 is 2.00 bits per heavy atom. The highest BCUT2D eigenvalue weighted by molar-refractivity contribution is 5.87. The third kappa shape index (κ3) is 3.37. The minimum atomic E-state index is -0.0824. The van der Waals surface area contributed by atoms with Crippen molar-refractivity contribution in [1.29, 1.82) is 0 Å². The number of nitrogens with one attached hydrogen (secondary N) is 1. The van der Waals surface area contributed by atoms with Crippen molar-refractivity contribution in [2.45, 2.75) is 0 Å². The molecule has 2 rings (SSSR count). The normalized spacial score (nSPS) is 10.3. The molecule has 0 saturated heterocycles. The van der Waals surface area contributed by atoms with E-state index in [1.165, 1.54) is 10.6 Å². The second kappa shape index (κ2) is 7.07. The van der Waals surface area contributed by atoms with Gasteiger partial charge in [-0.05, 0) is 26.2 Å². The zero-order valence-electron chi connectivity index (χ0n) is 11.5. The van der Waals surface area contributed by atoms with Gasteiger partial charge in [-0.15, -0.1) is 12.4 Å². The molecule has 0 aliphatic rings. The zero-order chi connectivity index (χ0) is 13.8. The lowest BCUT2D eigenvalue weighted by molar-refractivity contribution is 0.425. The van der Waals surface area contributed by atoms with Crippen molar-refractivity contribution >= 4 is 35.5 Å². The van der Waals surface area contributed by atoms with E-state index in [2.05, 4.69) is 5.32 Å². The monoisotopic (exact) mass is 295 g/mol. The molecule has 1 N–H and O–H groups in total. The maximum absolute atomic E-state index is 12.0. The first-order chi connectivity index (χ1) is 9.13. The van der Waals surface area contributed by atoms with Crippen LogP contribution in [0, 0.1) is 0 Å². The first-order valence-electron chi connectivity index (χ1n) is 6.11. The van der Waals surface area contributed by atoms with E-state index in [0.29, 0.717) is 23.3 Å². The summed E-state index contributed by atoms with van der Waals surface area (Å²) in [6, 6.07) is 8.55. The Kier molecular flexibility index (Phi) is 5.73. The van der Waals surface area contributed by atoms with Crippen molar-refractivity contribution in [2.75, 3.05) is 32.5 Å². The number of hydrogen-bond acceptors (Lipinski definition) is 4. The molecule has 0 fully saturated rings. The maximum Gasteiger partial charge on any atom is 0.219 e. The van der Waals surface area contributed by atoms with E-state index < -0.39 is 0 Å². The lowest BCUT2D eigenvalue weighted by Gasteiger charge is -2.15. The molecular weight excluding hydrogens is 278 g/mol. The Hall–Kier alpha value is -1.85. The van der Waals surface area contributed by atoms with Crippen molar-refractivity contribution in [1.82, 2.24) is 9.47 Å². The second-order valence-electron chi connectivity index (χ2n) is 4.62. The largest absolute Gasteiger partial charge is 0.370 e. The fourth-order valence-corrected chi connectivity index (χ4v) is 1.95. The van der Waals surface area contributed by atoms with Gasteiger partial charge in [0.15, 0.2) is 5.43 Å². The van der Waals surface area contributed by atoms with E-state index in [4.69, 9.17) is 0 Å². The van der Waals surface area contributed by atoms with E-state index in [0.717, 1.165) is 13.0 Å². The predicted octanol–water partition coefficient (Wildman–Crippen LogP) is 1.44. The number of benzene rings is 1. The third-order valence-electron chi connectivity index (χ3n) is 2.93. The number of nitrogens with zero attached hydrogens (tertiary/aromatic N) is 2. The fourth-order valence-electron chi connectivity index (χ4n) is 1.95. The summed E-state index contributed by atoms with van der Waals surface area (Å²) in [4.78, 5) is 25.3. The van der Waals surface area contributed by atoms with Gasteiger partial charge in [0.05, 0.1) is 5.52 Å². The molecule has 0 amide bonds. The molecule has 0 radical (unpaired) electrons. The minimum absolute atomic E-state index is 0. The van der Waals surface area contributed by atoms with Crippen molar-refractivity contribution in [3.8, 4) is 0 Å². The van der Waals surface area contributed by atoms with Crippen LogP contribution < -0.4 is 10.7 Å². The van der Waals surface area contributed by atoms with Crippen LogP contribution in [0.1, 0.15) is 0 Å². The van der Waals surface area contributed by atoms with Gasteiger partial charge >= 0.3 is 0 Å². The van der Waals surface area contributed by atoms with Crippen molar-refractivity contribution in [3.63, 3.8) is 0 Å². The second-order valence-corrected chi connectivity index (χ2v) is 4.62. The molecular formula is C14H18ClN3O2. The van der Waals surface area contributed by atoms with Gasteiger partial charge in [0.2, 0.25) is 6.41 Å². The average Bonchev–Trinajstić information content (AvgIpc) is 2.39. The summed E-state index contributed by atoms with van der Waals surface area (Å²) in [6.45, 7) is 1.48. The Bertz CT molecular complexity index is 652. The van der Waals surface area contributed by atoms with Gasteiger partial charge in [0.1, 0.15) is 5.82 Å². The van der Waals surface area contributed by atoms with Crippen LogP contribution in [0.5, 0.6) is 0 Å². The molecule has 0 unspecified atom stereocenters. The number of likely N-dealkylation sites (N-methyl/N-ethyl adjacent to an activating group) is 1. The predicted molar refractivity (Wildman–Crippen MR) is 84.6 cm³/mol. The summed E-state index contributed by atoms with van der Waals surface area (Å²) < 4.78 is 1.46. The van der Waals surface area contributed by atoms with Crippen LogP contribution in [0.25, 0.3) is 10.9 Å². The number of carbonyl (C=O) groups is 1. The number of pyridine rings is 1. The summed E-state index contributed by atoms with van der Waals surface area (Å²) in [5.41, 5.74) is 0.540. The zero-order valence-corrected chi connectivity index (χ0v) is 12.3. The topological polar surface area (TPSA) is 54.3 Å². The molecule has 2 aromatic rings. The number of halogens is 1. The standard InChI is InChI=1S/C14H17N3O2.ClH/c1-16(2)8-7-15-14-9-13(19)11-5-3-4-6-12(11)17(14)10-18;/h3-6,9-10,15H,7-8H2,1-2H3;1H. The molecule has 1 aromatic carbocycles. The molecule has 0 saturated carbocycles. The molecule has 0 spiro atoms. The summed E-state index contributed by atoms with van der Waals surface area (Å²) >= 11 is 0. The van der Waals surface area contributed by atoms with Gasteiger partial charge in [-0.25, -0.2) is 0 Å². The van der Waals surface area contributed by atoms with Gasteiger partial charge in [0.25, 0.3) is 0 Å². The number of carbonyl (C=O) groups excluding carboxylic acids is 1. The van der Waals surface area contributed by atoms with Gasteiger partial charge in [-0.2, -0.15) is 0 Å². The van der Waals surface area contributed by atoms with Crippen LogP contribution in [0.4, 0.5) is 5.82 Å². The summed E-state index contributed by atoms with van der Waals surface area (Å²) in [5, 5.41) is 3.67. The Balaban J connectivity index is 0.00000200. The number of aromatic nitrogens is 1. The van der Waals surface area contributed by atoms with Crippen LogP contribution in [0.3, 0.4) is 0 Å². The molecule has 6 heteroatoms. The molecule has 0 aliphatic heterocycles. The summed E-state index contributed by atoms with van der Waals surface area (Å²) in [6.07, 6.45) is 0.722. The quantitative estimate of drug-likeness (QED) is 0.848. The number of anilines is 1. The highest BCUT2D eigenvalue weighted by atomic mass is 35.5. The Morgan fingerprint density at radius 3 is 2.65 bits per heavy atom. The van der Waals surface area contributed by atoms with E-state index in [1.54, 1.807) is 18.2 Å². The van der Waals surface area contributed by atoms with Gasteiger partial charge in [-0.3, -0.25) is 14.2 Å². The molecule has 0 atom stereocenters. The van der Waals surface area contributed by atoms with Crippen molar-refractivity contribution in [2.24, 2.45) is 0 Å². The Labute approximate surface area is 123 Å². The van der Waals surface area contributed by atoms with E-state index in [9.17, 15) is 9.59 Å². The Morgan fingerprint density at radius 1 is 1.30 bits per heavy atom. The maximum atomic E-state index is 12.0. The molecule has 5 nitrogen and oxygen atoms in total. The first-order valence-corrected chi connectivity index (χ1v) is 6.11. The fraction of sp³-hybridized carbons (Fsp3) is 0.286. The molecule has 0 bridgehead atoms. The number of para-hydroxylation sites is 1. The van der Waals surface area contributed by atoms with Gasteiger partial charge < -0.3 is 10.2 Å². The van der Waals surface area contributed by atoms with Crippen LogP contribution in [-0.4, -0.2) is 43.1 Å². The first kappa shape index (κ1) is 16.2. The minimum Gasteiger partial charge on any atom is -0.370 e. The van der Waals surface area contributed by atoms with Gasteiger partial charge in [0, 0.05) is 24.5 Å². The molecule has 0 aliphatic carbocycles. The highest BCUT2D eigenvalue weighted by Crippen LogP contribution is 2.14. The highest BCUT2D eigenvalue weighted by Gasteiger charge is 2.07. The van der Waals surface area contributed by atoms with E-state index in [-0.39, 0.29) is 17.8 Å². The lowest BCUT2D eigenvalue weighted by Crippen LogP contribution is -2.23. The number of hydrogen-bond donors (Lipinski definition) is 1. The average molecular weight is 296 g/mol. The van der Waals surface area contributed by atoms with E-state index in [1.807, 2.05) is 25.1 Å². The van der Waals surface area contributed by atoms with Gasteiger partial charge in [-0.1, -0.05) is 12.1 Å². The van der Waals surface area contributed by atoms with Crippen LogP contribution >= 0.6 is 12.4 Å². The van der Waals surface area contributed by atoms with Crippen molar-refractivity contribution < 1.29 is 4.79 Å². The lowest BCUT2D eigenvalue weighted by atomic mass is 10.2. The van der Waals surface area contributed by atoms with Crippen LogP contribution in [0.15, 0.2) is 35.1 Å². The van der Waals surface area contributed by atoms with Crippen LogP contribution in [0.2, 0.25) is 0 Å². The smallest absolute Gasteiger partial charge is 0.219 e. The van der Waals surface area contributed by atoms with Crippen LogP contribution in [-0.2, 0) is 4.79 Å². The SMILES string of the molecule is CN(C)CCNc1cc(=O)c2ccccc2n1C=O.Cl. The molecule has 1 heterocycles. The summed E-state index contributed by atoms with van der Waals surface area (Å²) in [5.74, 6) is 0.528.